The minimum absolute atomic E-state index is 0.207. The third kappa shape index (κ3) is 4.47. The molecule has 3 rings (SSSR count). The zero-order valence-electron chi connectivity index (χ0n) is 14.7. The number of carbonyl (C=O) groups excluding carboxylic acids is 1. The minimum Gasteiger partial charge on any atom is -0.464 e. The van der Waals surface area contributed by atoms with Gasteiger partial charge in [0.1, 0.15) is 0 Å². The molecule has 138 valence electrons. The Morgan fingerprint density at radius 1 is 1.11 bits per heavy atom. The maximum absolute atomic E-state index is 12.6. The number of hydrogen-bond acceptors (Lipinski definition) is 5. The number of benzene rings is 2. The number of nitrogens with zero attached hydrogens (tertiary/aromatic N) is 2. The molecule has 1 aliphatic heterocycles. The Kier molecular flexibility index (Phi) is 5.76. The number of esters is 1. The molecule has 6 nitrogen and oxygen atoms in total. The monoisotopic (exact) mass is 364 g/mol. The highest BCUT2D eigenvalue weighted by atomic mass is 16.6. The summed E-state index contributed by atoms with van der Waals surface area (Å²) in [5, 5.41) is 11.3. The van der Waals surface area contributed by atoms with Crippen LogP contribution in [0.15, 0.2) is 71.7 Å². The van der Waals surface area contributed by atoms with Crippen LogP contribution in [0.1, 0.15) is 17.5 Å². The van der Waals surface area contributed by atoms with Gasteiger partial charge in [-0.05, 0) is 11.1 Å². The summed E-state index contributed by atoms with van der Waals surface area (Å²) in [6, 6.07) is 18.8. The fourth-order valence-corrected chi connectivity index (χ4v) is 3.13. The molecule has 0 spiro atoms. The second-order valence-corrected chi connectivity index (χ2v) is 6.37. The minimum atomic E-state index is -1.28. The molecule has 1 saturated heterocycles. The molecule has 0 aliphatic carbocycles. The summed E-state index contributed by atoms with van der Waals surface area (Å²) in [6.07, 6.45) is 5.40. The lowest BCUT2D eigenvalue weighted by Crippen LogP contribution is -2.43. The Hall–Kier alpha value is -3.28. The van der Waals surface area contributed by atoms with Gasteiger partial charge in [0, 0.05) is 17.6 Å². The summed E-state index contributed by atoms with van der Waals surface area (Å²) in [4.78, 5) is 27.9. The van der Waals surface area contributed by atoms with Gasteiger partial charge in [-0.2, -0.15) is 0 Å². The van der Waals surface area contributed by atoms with E-state index in [1.165, 1.54) is 0 Å². The normalized spacial score (nSPS) is 20.8. The highest BCUT2D eigenvalue weighted by Gasteiger charge is 2.51. The fourth-order valence-electron chi connectivity index (χ4n) is 3.13. The highest BCUT2D eigenvalue weighted by molar-refractivity contribution is 5.88. The Balaban J connectivity index is 1.95. The van der Waals surface area contributed by atoms with E-state index in [0.717, 1.165) is 11.1 Å². The third-order valence-corrected chi connectivity index (χ3v) is 4.59. The van der Waals surface area contributed by atoms with E-state index >= 15 is 0 Å². The summed E-state index contributed by atoms with van der Waals surface area (Å²) in [5.74, 6) is -1.22. The van der Waals surface area contributed by atoms with Gasteiger partial charge in [-0.1, -0.05) is 72.8 Å². The number of hydrogen-bond donors (Lipinski definition) is 0. The maximum Gasteiger partial charge on any atom is 0.335 e. The van der Waals surface area contributed by atoms with E-state index < -0.39 is 28.9 Å². The molecular formula is C21H20N2O4. The molecule has 27 heavy (non-hydrogen) atoms. The Labute approximate surface area is 157 Å². The first-order chi connectivity index (χ1) is 13.1. The van der Waals surface area contributed by atoms with E-state index in [1.807, 2.05) is 60.7 Å². The van der Waals surface area contributed by atoms with Crippen molar-refractivity contribution < 1.29 is 14.5 Å². The van der Waals surface area contributed by atoms with Crippen LogP contribution in [0.5, 0.6) is 0 Å². The zero-order chi connectivity index (χ0) is 19.1. The predicted molar refractivity (Wildman–Crippen MR) is 103 cm³/mol. The van der Waals surface area contributed by atoms with Crippen LogP contribution >= 0.6 is 0 Å². The standard InChI is InChI=1S/C21H20N2O4/c24-20-21(13-14-27-20,22-15-18-9-5-2-6-10-18)19(16-23(25)26)12-11-17-7-3-1-4-8-17/h1-12,15,19H,13-14,16H2/b12-11+,22-15?/t19-,21-/m1/s1. The van der Waals surface area contributed by atoms with Crippen molar-refractivity contribution in [3.63, 3.8) is 0 Å². The third-order valence-electron chi connectivity index (χ3n) is 4.59. The number of rotatable bonds is 7. The Morgan fingerprint density at radius 2 is 1.74 bits per heavy atom. The molecule has 0 amide bonds. The molecular weight excluding hydrogens is 344 g/mol. The maximum atomic E-state index is 12.6. The smallest absolute Gasteiger partial charge is 0.335 e. The van der Waals surface area contributed by atoms with Crippen LogP contribution in [0.2, 0.25) is 0 Å². The van der Waals surface area contributed by atoms with Crippen LogP contribution in [0.3, 0.4) is 0 Å². The van der Waals surface area contributed by atoms with Crippen LogP contribution in [0.25, 0.3) is 6.08 Å². The zero-order valence-corrected chi connectivity index (χ0v) is 14.7. The van der Waals surface area contributed by atoms with Gasteiger partial charge >= 0.3 is 5.97 Å². The molecule has 2 atom stereocenters. The quantitative estimate of drug-likeness (QED) is 0.326. The van der Waals surface area contributed by atoms with Gasteiger partial charge in [0.25, 0.3) is 0 Å². The largest absolute Gasteiger partial charge is 0.464 e. The lowest BCUT2D eigenvalue weighted by atomic mass is 9.82. The number of aliphatic imine (C=N–C) groups is 1. The molecule has 1 heterocycles. The summed E-state index contributed by atoms with van der Waals surface area (Å²) in [6.45, 7) is -0.192. The molecule has 0 aromatic heterocycles. The van der Waals surface area contributed by atoms with Crippen molar-refractivity contribution in [2.24, 2.45) is 10.9 Å². The van der Waals surface area contributed by atoms with Gasteiger partial charge in [-0.3, -0.25) is 15.1 Å². The first-order valence-electron chi connectivity index (χ1n) is 8.73. The van der Waals surface area contributed by atoms with Crippen molar-refractivity contribution in [3.8, 4) is 0 Å². The van der Waals surface area contributed by atoms with Crippen molar-refractivity contribution in [3.05, 3.63) is 88.0 Å². The summed E-state index contributed by atoms with van der Waals surface area (Å²) < 4.78 is 5.16. The SMILES string of the molecule is O=C1OCC[C@@]1(N=Cc1ccccc1)[C@H](/C=C/c1ccccc1)C[N+](=O)[O-]. The summed E-state index contributed by atoms with van der Waals surface area (Å²) in [7, 11) is 0. The first kappa shape index (κ1) is 18.5. The van der Waals surface area contributed by atoms with E-state index in [4.69, 9.17) is 4.74 Å². The van der Waals surface area contributed by atoms with Crippen LogP contribution in [0.4, 0.5) is 0 Å². The molecule has 0 radical (unpaired) electrons. The molecule has 1 aliphatic rings. The van der Waals surface area contributed by atoms with E-state index in [-0.39, 0.29) is 6.61 Å². The number of carbonyl (C=O) groups is 1. The van der Waals surface area contributed by atoms with Gasteiger partial charge < -0.3 is 4.74 Å². The average molecular weight is 364 g/mol. The second kappa shape index (κ2) is 8.40. The molecule has 2 aromatic carbocycles. The van der Waals surface area contributed by atoms with Gasteiger partial charge in [-0.25, -0.2) is 4.79 Å². The molecule has 0 bridgehead atoms. The summed E-state index contributed by atoms with van der Waals surface area (Å²) in [5.41, 5.74) is 0.441. The highest BCUT2D eigenvalue weighted by Crippen LogP contribution is 2.34. The summed E-state index contributed by atoms with van der Waals surface area (Å²) >= 11 is 0. The van der Waals surface area contributed by atoms with Gasteiger partial charge in [-0.15, -0.1) is 0 Å². The van der Waals surface area contributed by atoms with Gasteiger partial charge in [0.05, 0.1) is 12.5 Å². The van der Waals surface area contributed by atoms with Crippen LogP contribution in [-0.2, 0) is 9.53 Å². The van der Waals surface area contributed by atoms with E-state index in [2.05, 4.69) is 4.99 Å². The Morgan fingerprint density at radius 3 is 2.30 bits per heavy atom. The lowest BCUT2D eigenvalue weighted by molar-refractivity contribution is -0.487. The molecule has 0 saturated carbocycles. The fraction of sp³-hybridized carbons (Fsp3) is 0.238. The second-order valence-electron chi connectivity index (χ2n) is 6.37. The van der Waals surface area contributed by atoms with Crippen LogP contribution < -0.4 is 0 Å². The number of cyclic esters (lactones) is 1. The van der Waals surface area contributed by atoms with Gasteiger partial charge in [0.2, 0.25) is 6.54 Å². The predicted octanol–water partition coefficient (Wildman–Crippen LogP) is 3.40. The van der Waals surface area contributed by atoms with Crippen LogP contribution in [-0.4, -0.2) is 35.8 Å². The van der Waals surface area contributed by atoms with E-state index in [0.29, 0.717) is 6.42 Å². The molecule has 2 aromatic rings. The van der Waals surface area contributed by atoms with Crippen molar-refractivity contribution in [2.45, 2.75) is 12.0 Å². The van der Waals surface area contributed by atoms with Crippen LogP contribution in [0, 0.1) is 16.0 Å². The van der Waals surface area contributed by atoms with Gasteiger partial charge in [0.15, 0.2) is 5.54 Å². The Bertz CT molecular complexity index is 849. The molecule has 0 N–H and O–H groups in total. The van der Waals surface area contributed by atoms with Crippen molar-refractivity contribution in [1.82, 2.24) is 0 Å². The first-order valence-corrected chi connectivity index (χ1v) is 8.73. The van der Waals surface area contributed by atoms with Crippen molar-refractivity contribution >= 4 is 18.3 Å². The molecule has 0 unspecified atom stereocenters. The average Bonchev–Trinajstić information content (AvgIpc) is 3.06. The lowest BCUT2D eigenvalue weighted by Gasteiger charge is -2.25. The topological polar surface area (TPSA) is 81.8 Å². The van der Waals surface area contributed by atoms with Crippen molar-refractivity contribution in [1.29, 1.82) is 0 Å². The number of nitro groups is 1. The van der Waals surface area contributed by atoms with E-state index in [1.54, 1.807) is 18.4 Å². The molecule has 1 fully saturated rings. The molecule has 6 heteroatoms. The van der Waals surface area contributed by atoms with E-state index in [9.17, 15) is 14.9 Å². The number of ether oxygens (including phenoxy) is 1. The van der Waals surface area contributed by atoms with Crippen molar-refractivity contribution in [2.75, 3.05) is 13.2 Å².